The van der Waals surface area contributed by atoms with Crippen LogP contribution in [0.5, 0.6) is 0 Å². The molecule has 1 amide bonds. The molecule has 508 valence electrons. The predicted molar refractivity (Wildman–Crippen MR) is 379 cm³/mol. The fourth-order valence-corrected chi connectivity index (χ4v) is 12.4. The molecular formula is C80H153NO5. The smallest absolute Gasteiger partial charge is 0.305 e. The SMILES string of the molecule is CCCCCCCCC/C=C\CCCCCCCCCC(=O)OCCCCCCCCCCCCCC/C=C\CCCCCCCCCCCCCCCCCCCC(=O)NC(CO)C(O)/C=C/CCCCCCCCCCCCCCCCCC. The van der Waals surface area contributed by atoms with Crippen LogP contribution in [0.2, 0.25) is 0 Å². The van der Waals surface area contributed by atoms with Crippen molar-refractivity contribution in [2.45, 2.75) is 450 Å². The van der Waals surface area contributed by atoms with Crippen LogP contribution in [-0.4, -0.2) is 47.4 Å². The number of hydrogen-bond acceptors (Lipinski definition) is 5. The van der Waals surface area contributed by atoms with E-state index < -0.39 is 12.1 Å². The van der Waals surface area contributed by atoms with Crippen molar-refractivity contribution in [2.75, 3.05) is 13.2 Å². The minimum atomic E-state index is -0.843. The molecule has 0 aromatic carbocycles. The van der Waals surface area contributed by atoms with Gasteiger partial charge in [0.2, 0.25) is 5.91 Å². The lowest BCUT2D eigenvalue weighted by atomic mass is 10.0. The number of hydrogen-bond donors (Lipinski definition) is 3. The molecule has 0 fully saturated rings. The van der Waals surface area contributed by atoms with E-state index in [4.69, 9.17) is 4.74 Å². The highest BCUT2D eigenvalue weighted by atomic mass is 16.5. The summed E-state index contributed by atoms with van der Waals surface area (Å²) < 4.78 is 5.51. The Morgan fingerprint density at radius 3 is 0.826 bits per heavy atom. The Balaban J connectivity index is 3.36. The van der Waals surface area contributed by atoms with Gasteiger partial charge >= 0.3 is 5.97 Å². The van der Waals surface area contributed by atoms with Crippen LogP contribution in [0.4, 0.5) is 0 Å². The topological polar surface area (TPSA) is 95.9 Å². The van der Waals surface area contributed by atoms with Gasteiger partial charge in [0.05, 0.1) is 25.4 Å². The Bertz CT molecular complexity index is 1390. The normalized spacial score (nSPS) is 12.7. The average Bonchev–Trinajstić information content (AvgIpc) is 3.54. The second-order valence-electron chi connectivity index (χ2n) is 27.0. The number of amides is 1. The molecule has 0 rings (SSSR count). The summed E-state index contributed by atoms with van der Waals surface area (Å²) in [6.07, 6.45) is 98.3. The lowest BCUT2D eigenvalue weighted by molar-refractivity contribution is -0.143. The van der Waals surface area contributed by atoms with Gasteiger partial charge in [-0.1, -0.05) is 378 Å². The molecule has 0 bridgehead atoms. The van der Waals surface area contributed by atoms with Crippen molar-refractivity contribution in [3.63, 3.8) is 0 Å². The van der Waals surface area contributed by atoms with Gasteiger partial charge in [-0.3, -0.25) is 9.59 Å². The molecule has 0 aliphatic heterocycles. The Kier molecular flexibility index (Phi) is 73.9. The predicted octanol–water partition coefficient (Wildman–Crippen LogP) is 25.8. The van der Waals surface area contributed by atoms with E-state index in [2.05, 4.69) is 43.5 Å². The molecule has 0 saturated heterocycles. The van der Waals surface area contributed by atoms with Crippen LogP contribution in [0.25, 0.3) is 0 Å². The zero-order valence-corrected chi connectivity index (χ0v) is 58.3. The van der Waals surface area contributed by atoms with E-state index in [9.17, 15) is 19.8 Å². The minimum absolute atomic E-state index is 0.0163. The summed E-state index contributed by atoms with van der Waals surface area (Å²) in [5, 5.41) is 23.2. The van der Waals surface area contributed by atoms with Crippen LogP contribution in [0.15, 0.2) is 36.5 Å². The number of unbranched alkanes of at least 4 members (excludes halogenated alkanes) is 59. The van der Waals surface area contributed by atoms with Gasteiger partial charge < -0.3 is 20.3 Å². The molecule has 0 radical (unpaired) electrons. The van der Waals surface area contributed by atoms with Gasteiger partial charge in [-0.25, -0.2) is 0 Å². The standard InChI is InChI=1S/C80H153NO5/c1-3-5-7-9-11-13-15-17-19-21-40-44-48-52-56-60-64-68-72-78(83)77(76-82)81-79(84)73-69-65-61-57-53-49-45-41-38-36-34-32-30-28-26-24-23-25-27-29-31-33-35-37-39-43-47-51-55-59-63-67-71-75-86-80(85)74-70-66-62-58-54-50-46-42-22-20-18-16-14-12-10-8-6-4-2/h20,22,27,29,68,72,77-78,82-83H,3-19,21,23-26,28,30-67,69-71,73-76H2,1-2H3,(H,81,84)/b22-20-,29-27-,72-68+. The van der Waals surface area contributed by atoms with Crippen LogP contribution in [0.3, 0.4) is 0 Å². The van der Waals surface area contributed by atoms with Crippen molar-refractivity contribution in [2.24, 2.45) is 0 Å². The summed E-state index contributed by atoms with van der Waals surface area (Å²) in [6, 6.07) is -0.626. The first-order chi connectivity index (χ1) is 42.5. The number of allylic oxidation sites excluding steroid dienone is 5. The summed E-state index contributed by atoms with van der Waals surface area (Å²) >= 11 is 0. The monoisotopic (exact) mass is 1210 g/mol. The van der Waals surface area contributed by atoms with Gasteiger partial charge in [0.1, 0.15) is 0 Å². The zero-order chi connectivity index (χ0) is 62.0. The molecule has 0 aliphatic carbocycles. The summed E-state index contributed by atoms with van der Waals surface area (Å²) in [7, 11) is 0. The summed E-state index contributed by atoms with van der Waals surface area (Å²) in [6.45, 7) is 4.94. The van der Waals surface area contributed by atoms with Crippen molar-refractivity contribution in [3.8, 4) is 0 Å². The quantitative estimate of drug-likeness (QED) is 0.0320. The highest BCUT2D eigenvalue weighted by molar-refractivity contribution is 5.76. The molecule has 0 heterocycles. The van der Waals surface area contributed by atoms with Crippen LogP contribution in [-0.2, 0) is 14.3 Å². The van der Waals surface area contributed by atoms with E-state index in [-0.39, 0.29) is 18.5 Å². The Morgan fingerprint density at radius 2 is 0.547 bits per heavy atom. The maximum atomic E-state index is 12.5. The van der Waals surface area contributed by atoms with E-state index >= 15 is 0 Å². The molecule has 3 N–H and O–H groups in total. The molecular weight excluding hydrogens is 1050 g/mol. The molecule has 0 aliphatic rings. The number of aliphatic hydroxyl groups is 2. The van der Waals surface area contributed by atoms with E-state index in [0.29, 0.717) is 19.4 Å². The first-order valence-electron chi connectivity index (χ1n) is 39.3. The van der Waals surface area contributed by atoms with E-state index in [1.165, 1.54) is 366 Å². The molecule has 2 unspecified atom stereocenters. The number of ether oxygens (including phenoxy) is 1. The molecule has 0 spiro atoms. The van der Waals surface area contributed by atoms with Gasteiger partial charge in [0.25, 0.3) is 0 Å². The van der Waals surface area contributed by atoms with Gasteiger partial charge in [0.15, 0.2) is 0 Å². The van der Waals surface area contributed by atoms with E-state index in [1.807, 2.05) is 6.08 Å². The van der Waals surface area contributed by atoms with E-state index in [0.717, 1.165) is 44.9 Å². The first-order valence-corrected chi connectivity index (χ1v) is 39.3. The largest absolute Gasteiger partial charge is 0.466 e. The zero-order valence-electron chi connectivity index (χ0n) is 58.3. The van der Waals surface area contributed by atoms with Gasteiger partial charge in [0, 0.05) is 12.8 Å². The number of esters is 1. The van der Waals surface area contributed by atoms with Gasteiger partial charge in [-0.2, -0.15) is 0 Å². The van der Waals surface area contributed by atoms with Crippen molar-refractivity contribution in [1.29, 1.82) is 0 Å². The highest BCUT2D eigenvalue weighted by Crippen LogP contribution is 2.19. The highest BCUT2D eigenvalue weighted by Gasteiger charge is 2.18. The molecule has 6 heteroatoms. The van der Waals surface area contributed by atoms with Gasteiger partial charge in [-0.15, -0.1) is 0 Å². The Labute approximate surface area is 538 Å². The molecule has 0 aromatic heterocycles. The molecule has 0 saturated carbocycles. The van der Waals surface area contributed by atoms with Crippen molar-refractivity contribution in [3.05, 3.63) is 36.5 Å². The maximum Gasteiger partial charge on any atom is 0.305 e. The maximum absolute atomic E-state index is 12.5. The van der Waals surface area contributed by atoms with E-state index in [1.54, 1.807) is 6.08 Å². The third kappa shape index (κ3) is 71.2. The van der Waals surface area contributed by atoms with Gasteiger partial charge in [-0.05, 0) is 83.5 Å². The van der Waals surface area contributed by atoms with Crippen molar-refractivity contribution < 1.29 is 24.5 Å². The van der Waals surface area contributed by atoms with Crippen molar-refractivity contribution in [1.82, 2.24) is 5.32 Å². The van der Waals surface area contributed by atoms with Crippen LogP contribution >= 0.6 is 0 Å². The number of nitrogens with one attached hydrogen (secondary N) is 1. The summed E-state index contributed by atoms with van der Waals surface area (Å²) in [5.74, 6) is -0.0450. The Morgan fingerprint density at radius 1 is 0.314 bits per heavy atom. The Hall–Kier alpha value is -1.92. The average molecular weight is 1210 g/mol. The number of aliphatic hydroxyl groups excluding tert-OH is 2. The second kappa shape index (κ2) is 75.5. The number of carbonyl (C=O) groups is 2. The third-order valence-corrected chi connectivity index (χ3v) is 18.4. The van der Waals surface area contributed by atoms with Crippen molar-refractivity contribution >= 4 is 11.9 Å². The van der Waals surface area contributed by atoms with Crippen LogP contribution in [0, 0.1) is 0 Å². The second-order valence-corrected chi connectivity index (χ2v) is 27.0. The lowest BCUT2D eigenvalue weighted by Gasteiger charge is -2.20. The molecule has 6 nitrogen and oxygen atoms in total. The minimum Gasteiger partial charge on any atom is -0.466 e. The first kappa shape index (κ1) is 84.1. The third-order valence-electron chi connectivity index (χ3n) is 18.4. The number of carbonyl (C=O) groups excluding carboxylic acids is 2. The number of rotatable bonds is 74. The van der Waals surface area contributed by atoms with Crippen LogP contribution in [0.1, 0.15) is 438 Å². The molecule has 86 heavy (non-hydrogen) atoms. The summed E-state index contributed by atoms with van der Waals surface area (Å²) in [4.78, 5) is 24.6. The molecule has 2 atom stereocenters. The fourth-order valence-electron chi connectivity index (χ4n) is 12.4. The summed E-state index contributed by atoms with van der Waals surface area (Å²) in [5.41, 5.74) is 0. The van der Waals surface area contributed by atoms with Crippen LogP contribution < -0.4 is 5.32 Å². The molecule has 0 aromatic rings. The fraction of sp³-hybridized carbons (Fsp3) is 0.900. The lowest BCUT2D eigenvalue weighted by Crippen LogP contribution is -2.45.